The number of allylic oxidation sites excluding steroid dienone is 1. The van der Waals surface area contributed by atoms with E-state index in [2.05, 4.69) is 21.1 Å². The first-order valence-electron chi connectivity index (χ1n) is 17.4. The van der Waals surface area contributed by atoms with Gasteiger partial charge in [-0.1, -0.05) is 61.4 Å². The van der Waals surface area contributed by atoms with Gasteiger partial charge in [0.05, 0.1) is 12.1 Å². The first kappa shape index (κ1) is 34.9. The fourth-order valence-electron chi connectivity index (χ4n) is 6.88. The number of para-hydroxylation sites is 3. The van der Waals surface area contributed by atoms with Gasteiger partial charge in [0, 0.05) is 18.0 Å². The van der Waals surface area contributed by atoms with Gasteiger partial charge in [0.2, 0.25) is 11.8 Å². The number of aromatic nitrogens is 1. The summed E-state index contributed by atoms with van der Waals surface area (Å²) in [6.45, 7) is -0.0317. The fourth-order valence-corrected chi connectivity index (χ4v) is 6.88. The Morgan fingerprint density at radius 3 is 2.62 bits per heavy atom. The van der Waals surface area contributed by atoms with E-state index in [1.807, 2.05) is 18.2 Å². The second kappa shape index (κ2) is 14.6. The lowest BCUT2D eigenvalue weighted by molar-refractivity contribution is -0.141. The van der Waals surface area contributed by atoms with E-state index >= 15 is 0 Å². The maximum atomic E-state index is 14.5. The largest absolute Gasteiger partial charge is 0.445 e. The van der Waals surface area contributed by atoms with Crippen LogP contribution in [0.3, 0.4) is 0 Å². The predicted octanol–water partition coefficient (Wildman–Crippen LogP) is 6.18. The van der Waals surface area contributed by atoms with Crippen molar-refractivity contribution in [2.24, 2.45) is 5.92 Å². The van der Waals surface area contributed by atoms with Gasteiger partial charge in [-0.05, 0) is 68.1 Å². The minimum absolute atomic E-state index is 0.0262. The SMILES string of the molecule is O=C1N[C@]2(C(=O)NOc3ccccc3)C[C@H]2C=CCCCCC[C@H](Nc2cccc(C(F)(F)F)c2)C(=O)N2C[C@H](Oc3nc4ccccc4o3)C[C@@H]12. The van der Waals surface area contributed by atoms with Crippen molar-refractivity contribution < 1.29 is 41.5 Å². The average Bonchev–Trinajstić information content (AvgIpc) is 3.43. The molecule has 11 nitrogen and oxygen atoms in total. The Bertz CT molecular complexity index is 1920. The molecule has 1 saturated carbocycles. The van der Waals surface area contributed by atoms with E-state index in [0.29, 0.717) is 42.5 Å². The molecular weight excluding hydrogens is 679 g/mol. The number of hydrogen-bond donors (Lipinski definition) is 3. The average molecular weight is 718 g/mol. The molecule has 0 spiro atoms. The van der Waals surface area contributed by atoms with E-state index < -0.39 is 53.2 Å². The lowest BCUT2D eigenvalue weighted by atomic mass is 10.0. The molecular formula is C38H38F3N5O6. The van der Waals surface area contributed by atoms with Gasteiger partial charge in [0.1, 0.15) is 29.2 Å². The maximum absolute atomic E-state index is 14.5. The van der Waals surface area contributed by atoms with E-state index in [9.17, 15) is 27.6 Å². The Kier molecular flexibility index (Phi) is 9.80. The predicted molar refractivity (Wildman–Crippen MR) is 184 cm³/mol. The molecule has 1 aliphatic carbocycles. The quantitative estimate of drug-likeness (QED) is 0.153. The molecule has 52 heavy (non-hydrogen) atoms. The van der Waals surface area contributed by atoms with Crippen molar-refractivity contribution in [2.45, 2.75) is 74.8 Å². The lowest BCUT2D eigenvalue weighted by Gasteiger charge is -2.30. The zero-order valence-corrected chi connectivity index (χ0v) is 28.1. The highest BCUT2D eigenvalue weighted by atomic mass is 19.4. The summed E-state index contributed by atoms with van der Waals surface area (Å²) in [4.78, 5) is 53.7. The van der Waals surface area contributed by atoms with Crippen LogP contribution in [0.5, 0.6) is 11.8 Å². The van der Waals surface area contributed by atoms with Crippen molar-refractivity contribution in [1.82, 2.24) is 20.7 Å². The van der Waals surface area contributed by atoms with Gasteiger partial charge in [-0.15, -0.1) is 0 Å². The molecule has 2 aliphatic heterocycles. The number of amides is 3. The van der Waals surface area contributed by atoms with Crippen molar-refractivity contribution in [2.75, 3.05) is 11.9 Å². The number of hydroxylamine groups is 1. The highest BCUT2D eigenvalue weighted by molar-refractivity contribution is 5.98. The van der Waals surface area contributed by atoms with Crippen LogP contribution in [0.2, 0.25) is 0 Å². The number of halogens is 3. The number of benzene rings is 3. The normalized spacial score (nSPS) is 25.2. The Labute approximate surface area is 297 Å². The molecule has 3 aromatic carbocycles. The van der Waals surface area contributed by atoms with Crippen LogP contribution in [-0.2, 0) is 20.6 Å². The number of fused-ring (bicyclic) bond motifs is 3. The molecule has 1 aromatic heterocycles. The zero-order valence-electron chi connectivity index (χ0n) is 28.1. The van der Waals surface area contributed by atoms with Crippen molar-refractivity contribution in [3.8, 4) is 11.8 Å². The molecule has 3 N–H and O–H groups in total. The van der Waals surface area contributed by atoms with Crippen LogP contribution in [0, 0.1) is 5.92 Å². The molecule has 3 aliphatic rings. The number of hydrogen-bond acceptors (Lipinski definition) is 8. The molecule has 5 atom stereocenters. The van der Waals surface area contributed by atoms with Crippen LogP contribution >= 0.6 is 0 Å². The first-order valence-corrected chi connectivity index (χ1v) is 17.4. The van der Waals surface area contributed by atoms with Crippen LogP contribution in [-0.4, -0.2) is 57.9 Å². The number of rotatable bonds is 7. The van der Waals surface area contributed by atoms with E-state index in [4.69, 9.17) is 14.0 Å². The van der Waals surface area contributed by atoms with Crippen molar-refractivity contribution in [3.63, 3.8) is 0 Å². The second-order valence-corrected chi connectivity index (χ2v) is 13.4. The van der Waals surface area contributed by atoms with Crippen molar-refractivity contribution >= 4 is 34.5 Å². The topological polar surface area (TPSA) is 135 Å². The fraction of sp³-hybridized carbons (Fsp3) is 0.368. The number of nitrogens with one attached hydrogen (secondary N) is 3. The number of ether oxygens (including phenoxy) is 1. The summed E-state index contributed by atoms with van der Waals surface area (Å²) in [7, 11) is 0. The number of nitrogens with zero attached hydrogens (tertiary/aromatic N) is 2. The van der Waals surface area contributed by atoms with Crippen molar-refractivity contribution in [3.05, 3.63) is 96.6 Å². The van der Waals surface area contributed by atoms with Gasteiger partial charge in [-0.3, -0.25) is 14.4 Å². The number of anilines is 1. The number of oxazole rings is 1. The van der Waals surface area contributed by atoms with Crippen LogP contribution in [0.25, 0.3) is 11.1 Å². The third kappa shape index (κ3) is 7.70. The Hall–Kier alpha value is -5.53. The molecule has 1 saturated heterocycles. The second-order valence-electron chi connectivity index (χ2n) is 13.4. The maximum Gasteiger partial charge on any atom is 0.416 e. The summed E-state index contributed by atoms with van der Waals surface area (Å²) >= 11 is 0. The summed E-state index contributed by atoms with van der Waals surface area (Å²) in [5.41, 5.74) is 1.51. The highest BCUT2D eigenvalue weighted by Crippen LogP contribution is 2.45. The molecule has 3 heterocycles. The van der Waals surface area contributed by atoms with Gasteiger partial charge in [-0.25, -0.2) is 0 Å². The van der Waals surface area contributed by atoms with Gasteiger partial charge < -0.3 is 29.5 Å². The minimum atomic E-state index is -4.57. The molecule has 2 fully saturated rings. The van der Waals surface area contributed by atoms with Crippen LogP contribution in [0.4, 0.5) is 18.9 Å². The van der Waals surface area contributed by atoms with Gasteiger partial charge in [-0.2, -0.15) is 23.6 Å². The number of carbonyl (C=O) groups excluding carboxylic acids is 3. The number of alkyl halides is 3. The summed E-state index contributed by atoms with van der Waals surface area (Å²) in [5.74, 6) is -1.49. The summed E-state index contributed by atoms with van der Waals surface area (Å²) < 4.78 is 52.6. The van der Waals surface area contributed by atoms with Crippen LogP contribution in [0.15, 0.2) is 95.4 Å². The monoisotopic (exact) mass is 717 g/mol. The molecule has 0 radical (unpaired) electrons. The van der Waals surface area contributed by atoms with E-state index in [1.54, 1.807) is 48.5 Å². The van der Waals surface area contributed by atoms with Gasteiger partial charge in [0.15, 0.2) is 11.3 Å². The zero-order chi connectivity index (χ0) is 36.3. The summed E-state index contributed by atoms with van der Waals surface area (Å²) in [5, 5.41) is 5.97. The summed E-state index contributed by atoms with van der Waals surface area (Å²) in [6, 6.07) is 18.4. The van der Waals surface area contributed by atoms with E-state index in [1.165, 1.54) is 17.0 Å². The molecule has 272 valence electrons. The number of carbonyl (C=O) groups is 3. The Morgan fingerprint density at radius 2 is 1.81 bits per heavy atom. The Morgan fingerprint density at radius 1 is 1.00 bits per heavy atom. The van der Waals surface area contributed by atoms with E-state index in [0.717, 1.165) is 25.0 Å². The van der Waals surface area contributed by atoms with Crippen molar-refractivity contribution in [1.29, 1.82) is 0 Å². The molecule has 0 unspecified atom stereocenters. The molecule has 4 aromatic rings. The smallest absolute Gasteiger partial charge is 0.416 e. The standard InChI is InChI=1S/C38H38F3N5O6/c39-38(40,41)24-13-11-14-26(20-24)42-30-18-8-3-1-2-5-12-25-22-37(25,35(49)45-52-27-15-6-4-7-16-27)44-33(47)31-21-28(23-46(31)34(30)48)50-36-43-29-17-9-10-19-32(29)51-36/h4-7,9-17,19-20,25,28,30-31,42H,1-3,8,18,21-23H2,(H,44,47)(H,45,49)/t25-,28-,30+,31+,37-/m1/s1. The highest BCUT2D eigenvalue weighted by Gasteiger charge is 2.61. The molecule has 0 bridgehead atoms. The van der Waals surface area contributed by atoms with Gasteiger partial charge >= 0.3 is 12.3 Å². The third-order valence-corrected chi connectivity index (χ3v) is 9.72. The Balaban J connectivity index is 1.17. The summed E-state index contributed by atoms with van der Waals surface area (Å²) in [6.07, 6.45) is 2.15. The molecule has 7 rings (SSSR count). The molecule has 14 heteroatoms. The van der Waals surface area contributed by atoms with E-state index in [-0.39, 0.29) is 30.6 Å². The van der Waals surface area contributed by atoms with Crippen LogP contribution in [0.1, 0.15) is 50.5 Å². The van der Waals surface area contributed by atoms with Gasteiger partial charge in [0.25, 0.3) is 5.91 Å². The molecule has 3 amide bonds. The first-order chi connectivity index (χ1) is 25.1. The minimum Gasteiger partial charge on any atom is -0.445 e. The lowest BCUT2D eigenvalue weighted by Crippen LogP contribution is -2.57. The third-order valence-electron chi connectivity index (χ3n) is 9.72. The van der Waals surface area contributed by atoms with Crippen LogP contribution < -0.4 is 25.7 Å².